The number of hydrogen-bond donors (Lipinski definition) is 1. The third-order valence-electron chi connectivity index (χ3n) is 2.84. The summed E-state index contributed by atoms with van der Waals surface area (Å²) in [5.74, 6) is -0.613. The zero-order chi connectivity index (χ0) is 12.4. The zero-order valence-electron chi connectivity index (χ0n) is 9.87. The van der Waals surface area contributed by atoms with E-state index >= 15 is 0 Å². The van der Waals surface area contributed by atoms with E-state index in [4.69, 9.17) is 9.47 Å². The number of esters is 1. The molecule has 2 rings (SSSR count). The average Bonchev–Trinajstić information content (AvgIpc) is 2.60. The minimum absolute atomic E-state index is 0.228. The fourth-order valence-corrected chi connectivity index (χ4v) is 2.11. The minimum Gasteiger partial charge on any atom is -0.452 e. The van der Waals surface area contributed by atoms with Crippen molar-refractivity contribution in [1.29, 1.82) is 0 Å². The molecule has 4 heteroatoms. The molecule has 2 aliphatic heterocycles. The molecule has 17 heavy (non-hydrogen) atoms. The molecule has 0 unspecified atom stereocenters. The molecule has 0 aromatic carbocycles. The first kappa shape index (κ1) is 12.1. The van der Waals surface area contributed by atoms with Gasteiger partial charge in [-0.15, -0.1) is 0 Å². The van der Waals surface area contributed by atoms with Crippen molar-refractivity contribution in [2.75, 3.05) is 0 Å². The first-order valence-corrected chi connectivity index (χ1v) is 5.68. The molecule has 0 aliphatic carbocycles. The molecule has 2 heterocycles. The van der Waals surface area contributed by atoms with Crippen molar-refractivity contribution in [1.82, 2.24) is 0 Å². The first-order valence-electron chi connectivity index (χ1n) is 5.68. The lowest BCUT2D eigenvalue weighted by Gasteiger charge is -2.23. The van der Waals surface area contributed by atoms with E-state index in [-0.39, 0.29) is 12.2 Å². The highest BCUT2D eigenvalue weighted by Crippen LogP contribution is 2.33. The van der Waals surface area contributed by atoms with Crippen LogP contribution in [0.1, 0.15) is 13.8 Å². The molecule has 2 aliphatic rings. The third-order valence-corrected chi connectivity index (χ3v) is 2.84. The van der Waals surface area contributed by atoms with Crippen molar-refractivity contribution in [3.8, 4) is 0 Å². The summed E-state index contributed by atoms with van der Waals surface area (Å²) in [6, 6.07) is 0. The molecular weight excluding hydrogens is 220 g/mol. The molecule has 4 nitrogen and oxygen atoms in total. The van der Waals surface area contributed by atoms with Gasteiger partial charge < -0.3 is 14.6 Å². The van der Waals surface area contributed by atoms with Gasteiger partial charge in [0.15, 0.2) is 12.2 Å². The zero-order valence-corrected chi connectivity index (χ0v) is 9.87. The van der Waals surface area contributed by atoms with Crippen LogP contribution in [0.15, 0.2) is 36.0 Å². The van der Waals surface area contributed by atoms with Gasteiger partial charge in [-0.1, -0.05) is 24.3 Å². The van der Waals surface area contributed by atoms with Crippen LogP contribution in [0.3, 0.4) is 0 Å². The van der Waals surface area contributed by atoms with E-state index in [0.29, 0.717) is 0 Å². The van der Waals surface area contributed by atoms with Crippen LogP contribution in [0.2, 0.25) is 0 Å². The smallest absolute Gasteiger partial charge is 0.339 e. The van der Waals surface area contributed by atoms with E-state index in [9.17, 15) is 9.90 Å². The molecule has 1 N–H and O–H groups in total. The average molecular weight is 236 g/mol. The highest BCUT2D eigenvalue weighted by Gasteiger charge is 2.43. The molecule has 0 spiro atoms. The molecule has 0 aromatic rings. The lowest BCUT2D eigenvalue weighted by atomic mass is 9.98. The van der Waals surface area contributed by atoms with Crippen LogP contribution in [-0.2, 0) is 14.3 Å². The van der Waals surface area contributed by atoms with Gasteiger partial charge in [-0.05, 0) is 19.9 Å². The Hall–Kier alpha value is -1.39. The highest BCUT2D eigenvalue weighted by molar-refractivity contribution is 5.79. The normalized spacial score (nSPS) is 37.4. The predicted molar refractivity (Wildman–Crippen MR) is 62.3 cm³/mol. The SMILES string of the molecule is C/C=C/[C@@H]1O[C@H](/C=C/C)[C@@H]2OC(=O)[C@H](O)C=C12. The Morgan fingerprint density at radius 3 is 2.65 bits per heavy atom. The Labute approximate surface area is 100 Å². The summed E-state index contributed by atoms with van der Waals surface area (Å²) >= 11 is 0. The maximum Gasteiger partial charge on any atom is 0.339 e. The highest BCUT2D eigenvalue weighted by atomic mass is 16.6. The van der Waals surface area contributed by atoms with Crippen LogP contribution in [0.4, 0.5) is 0 Å². The monoisotopic (exact) mass is 236 g/mol. The van der Waals surface area contributed by atoms with Gasteiger partial charge in [0.1, 0.15) is 12.2 Å². The van der Waals surface area contributed by atoms with Gasteiger partial charge >= 0.3 is 5.97 Å². The largest absolute Gasteiger partial charge is 0.452 e. The molecule has 0 saturated carbocycles. The lowest BCUT2D eigenvalue weighted by molar-refractivity contribution is -0.158. The number of ether oxygens (including phenoxy) is 2. The summed E-state index contributed by atoms with van der Waals surface area (Å²) in [6.07, 6.45) is 6.91. The van der Waals surface area contributed by atoms with Crippen LogP contribution in [0, 0.1) is 0 Å². The van der Waals surface area contributed by atoms with Crippen molar-refractivity contribution in [2.45, 2.75) is 38.3 Å². The van der Waals surface area contributed by atoms with Crippen molar-refractivity contribution in [3.63, 3.8) is 0 Å². The predicted octanol–water partition coefficient (Wildman–Crippen LogP) is 1.12. The number of allylic oxidation sites excluding steroid dienone is 2. The number of carbonyl (C=O) groups excluding carboxylic acids is 1. The van der Waals surface area contributed by atoms with Gasteiger partial charge in [0, 0.05) is 5.57 Å². The van der Waals surface area contributed by atoms with Crippen LogP contribution in [0.5, 0.6) is 0 Å². The number of rotatable bonds is 2. The molecule has 1 fully saturated rings. The van der Waals surface area contributed by atoms with Crippen LogP contribution in [-0.4, -0.2) is 35.5 Å². The maximum atomic E-state index is 11.3. The van der Waals surface area contributed by atoms with Gasteiger partial charge in [-0.2, -0.15) is 0 Å². The topological polar surface area (TPSA) is 55.8 Å². The molecule has 0 amide bonds. The van der Waals surface area contributed by atoms with Crippen molar-refractivity contribution < 1.29 is 19.4 Å². The van der Waals surface area contributed by atoms with Gasteiger partial charge in [0.2, 0.25) is 0 Å². The van der Waals surface area contributed by atoms with Gasteiger partial charge in [-0.25, -0.2) is 4.79 Å². The molecule has 4 atom stereocenters. The number of fused-ring (bicyclic) bond motifs is 1. The first-order chi connectivity index (χ1) is 8.17. The van der Waals surface area contributed by atoms with Crippen LogP contribution < -0.4 is 0 Å². The van der Waals surface area contributed by atoms with Crippen LogP contribution >= 0.6 is 0 Å². The lowest BCUT2D eigenvalue weighted by Crippen LogP contribution is -2.36. The number of carbonyl (C=O) groups is 1. The van der Waals surface area contributed by atoms with E-state index in [1.54, 1.807) is 0 Å². The standard InChI is InChI=1S/C13H16O4/c1-3-5-10-8-7-9(14)13(15)17-12(8)11(16-10)6-4-2/h3-7,9-12,14H,1-2H3/b5-3+,6-4+/t9-,10+,11-,12-/m1/s1. The molecule has 1 saturated heterocycles. The Balaban J connectivity index is 2.32. The second-order valence-corrected chi connectivity index (χ2v) is 4.04. The summed E-state index contributed by atoms with van der Waals surface area (Å²) in [7, 11) is 0. The van der Waals surface area contributed by atoms with Crippen LogP contribution in [0.25, 0.3) is 0 Å². The van der Waals surface area contributed by atoms with Gasteiger partial charge in [0.05, 0.1) is 0 Å². The van der Waals surface area contributed by atoms with E-state index < -0.39 is 18.2 Å². The maximum absolute atomic E-state index is 11.3. The molecule has 0 bridgehead atoms. The van der Waals surface area contributed by atoms with E-state index in [0.717, 1.165) is 5.57 Å². The Morgan fingerprint density at radius 1 is 1.29 bits per heavy atom. The summed E-state index contributed by atoms with van der Waals surface area (Å²) in [5, 5.41) is 9.48. The van der Waals surface area contributed by atoms with Crippen molar-refractivity contribution in [3.05, 3.63) is 36.0 Å². The molecule has 92 valence electrons. The Kier molecular flexibility index (Phi) is 3.45. The fraction of sp³-hybridized carbons (Fsp3) is 0.462. The second-order valence-electron chi connectivity index (χ2n) is 4.04. The fourth-order valence-electron chi connectivity index (χ4n) is 2.11. The van der Waals surface area contributed by atoms with Crippen molar-refractivity contribution >= 4 is 5.97 Å². The Morgan fingerprint density at radius 2 is 2.00 bits per heavy atom. The number of aliphatic hydroxyl groups excluding tert-OH is 1. The summed E-state index contributed by atoms with van der Waals surface area (Å²) < 4.78 is 11.0. The van der Waals surface area contributed by atoms with E-state index in [1.165, 1.54) is 6.08 Å². The molecule has 0 aromatic heterocycles. The van der Waals surface area contributed by atoms with E-state index in [2.05, 4.69) is 0 Å². The molecular formula is C13H16O4. The molecule has 0 radical (unpaired) electrons. The van der Waals surface area contributed by atoms with E-state index in [1.807, 2.05) is 38.2 Å². The Bertz CT molecular complexity index is 394. The van der Waals surface area contributed by atoms with Gasteiger partial charge in [0.25, 0.3) is 0 Å². The summed E-state index contributed by atoms with van der Waals surface area (Å²) in [4.78, 5) is 11.3. The van der Waals surface area contributed by atoms with Gasteiger partial charge in [-0.3, -0.25) is 0 Å². The minimum atomic E-state index is -1.18. The summed E-state index contributed by atoms with van der Waals surface area (Å²) in [6.45, 7) is 3.78. The number of hydrogen-bond acceptors (Lipinski definition) is 4. The third kappa shape index (κ3) is 2.18. The summed E-state index contributed by atoms with van der Waals surface area (Å²) in [5.41, 5.74) is 0.818. The van der Waals surface area contributed by atoms with Crippen molar-refractivity contribution in [2.24, 2.45) is 0 Å². The quantitative estimate of drug-likeness (QED) is 0.576. The second kappa shape index (κ2) is 4.85. The number of aliphatic hydroxyl groups is 1.